The number of hydrogen-bond acceptors (Lipinski definition) is 4. The summed E-state index contributed by atoms with van der Waals surface area (Å²) in [7, 11) is 0. The van der Waals surface area contributed by atoms with Crippen molar-refractivity contribution in [3.63, 3.8) is 0 Å². The molecule has 0 spiro atoms. The number of carbonyl (C=O) groups excluding carboxylic acids is 2. The largest absolute Gasteiger partial charge is 0.486 e. The maximum Gasteiger partial charge on any atom is 0.289 e. The van der Waals surface area contributed by atoms with Crippen LogP contribution in [0.4, 0.5) is 9.18 Å². The summed E-state index contributed by atoms with van der Waals surface area (Å²) in [5.74, 6) is -0.0339. The SMILES string of the molecule is O=C1S[C@H](Cc2cc(Br)c(OCc3ccc(Cl)cc3Cl)c(Br)c2)C(=O)N1Cc1ccc(F)cc1. The molecule has 2 amide bonds. The van der Waals surface area contributed by atoms with Crippen molar-refractivity contribution in [2.45, 2.75) is 24.8 Å². The summed E-state index contributed by atoms with van der Waals surface area (Å²) in [6.07, 6.45) is 0.371. The normalized spacial score (nSPS) is 15.8. The Morgan fingerprint density at radius 2 is 1.65 bits per heavy atom. The maximum absolute atomic E-state index is 13.1. The minimum Gasteiger partial charge on any atom is -0.486 e. The van der Waals surface area contributed by atoms with Gasteiger partial charge in [0, 0.05) is 15.6 Å². The van der Waals surface area contributed by atoms with E-state index < -0.39 is 5.25 Å². The van der Waals surface area contributed by atoms with Crippen molar-refractivity contribution in [3.8, 4) is 5.75 Å². The van der Waals surface area contributed by atoms with E-state index in [2.05, 4.69) is 31.9 Å². The van der Waals surface area contributed by atoms with Gasteiger partial charge in [-0.15, -0.1) is 0 Å². The van der Waals surface area contributed by atoms with Gasteiger partial charge in [0.2, 0.25) is 5.91 Å². The zero-order chi connectivity index (χ0) is 24.4. The summed E-state index contributed by atoms with van der Waals surface area (Å²) in [5.41, 5.74) is 2.34. The molecule has 0 saturated carbocycles. The molecule has 0 unspecified atom stereocenters. The van der Waals surface area contributed by atoms with E-state index >= 15 is 0 Å². The Kier molecular flexibility index (Phi) is 8.25. The van der Waals surface area contributed by atoms with Crippen LogP contribution < -0.4 is 4.74 Å². The van der Waals surface area contributed by atoms with Gasteiger partial charge in [-0.3, -0.25) is 14.5 Å². The van der Waals surface area contributed by atoms with Crippen molar-refractivity contribution >= 4 is 78.0 Å². The fraction of sp³-hybridized carbons (Fsp3) is 0.167. The lowest BCUT2D eigenvalue weighted by Gasteiger charge is -2.15. The molecule has 1 aliphatic heterocycles. The van der Waals surface area contributed by atoms with Crippen LogP contribution in [-0.4, -0.2) is 21.3 Å². The van der Waals surface area contributed by atoms with E-state index in [-0.39, 0.29) is 30.1 Å². The second-order valence-corrected chi connectivity index (χ2v) is 11.2. The molecule has 1 saturated heterocycles. The van der Waals surface area contributed by atoms with Gasteiger partial charge in [0.05, 0.1) is 20.7 Å². The van der Waals surface area contributed by atoms with Crippen molar-refractivity contribution in [2.24, 2.45) is 0 Å². The molecular formula is C24H16Br2Cl2FNO3S. The fourth-order valence-electron chi connectivity index (χ4n) is 3.41. The minimum atomic E-state index is -0.536. The fourth-order valence-corrected chi connectivity index (χ4v) is 6.42. The topological polar surface area (TPSA) is 46.6 Å². The van der Waals surface area contributed by atoms with Gasteiger partial charge in [0.15, 0.2) is 0 Å². The monoisotopic (exact) mass is 645 g/mol. The van der Waals surface area contributed by atoms with E-state index in [4.69, 9.17) is 27.9 Å². The highest BCUT2D eigenvalue weighted by Crippen LogP contribution is 2.38. The van der Waals surface area contributed by atoms with E-state index in [1.807, 2.05) is 12.1 Å². The van der Waals surface area contributed by atoms with Gasteiger partial charge >= 0.3 is 0 Å². The van der Waals surface area contributed by atoms with Crippen LogP contribution in [0.25, 0.3) is 0 Å². The predicted molar refractivity (Wildman–Crippen MR) is 140 cm³/mol. The van der Waals surface area contributed by atoms with E-state index in [9.17, 15) is 14.0 Å². The summed E-state index contributed by atoms with van der Waals surface area (Å²) in [6, 6.07) is 14.7. The summed E-state index contributed by atoms with van der Waals surface area (Å²) in [5, 5.41) is 0.223. The van der Waals surface area contributed by atoms with E-state index in [0.717, 1.165) is 22.9 Å². The molecular weight excluding hydrogens is 632 g/mol. The number of rotatable bonds is 7. The molecule has 1 atom stereocenters. The Hall–Kier alpha value is -1.58. The first kappa shape index (κ1) is 25.5. The number of nitrogens with zero attached hydrogens (tertiary/aromatic N) is 1. The second-order valence-electron chi connectivity index (χ2n) is 7.54. The number of imide groups is 1. The van der Waals surface area contributed by atoms with Gasteiger partial charge in [-0.05, 0) is 85.8 Å². The van der Waals surface area contributed by atoms with Crippen LogP contribution in [-0.2, 0) is 24.4 Å². The molecule has 4 rings (SSSR count). The third-order valence-corrected chi connectivity index (χ3v) is 7.97. The third kappa shape index (κ3) is 5.97. The van der Waals surface area contributed by atoms with Crippen molar-refractivity contribution in [1.82, 2.24) is 4.90 Å². The number of halogens is 5. The number of ether oxygens (including phenoxy) is 1. The summed E-state index contributed by atoms with van der Waals surface area (Å²) >= 11 is 20.2. The van der Waals surface area contributed by atoms with Crippen molar-refractivity contribution in [2.75, 3.05) is 0 Å². The first-order valence-electron chi connectivity index (χ1n) is 10.0. The molecule has 0 aromatic heterocycles. The Balaban J connectivity index is 1.43. The number of benzene rings is 3. The van der Waals surface area contributed by atoms with Crippen LogP contribution in [0.15, 0.2) is 63.5 Å². The molecule has 176 valence electrons. The van der Waals surface area contributed by atoms with Gasteiger partial charge in [0.25, 0.3) is 5.24 Å². The zero-order valence-electron chi connectivity index (χ0n) is 17.4. The summed E-state index contributed by atoms with van der Waals surface area (Å²) < 4.78 is 20.5. The van der Waals surface area contributed by atoms with Gasteiger partial charge in [-0.1, -0.05) is 53.2 Å². The summed E-state index contributed by atoms with van der Waals surface area (Å²) in [4.78, 5) is 26.5. The van der Waals surface area contributed by atoms with Gasteiger partial charge < -0.3 is 4.74 Å². The molecule has 0 bridgehead atoms. The Morgan fingerprint density at radius 3 is 2.29 bits per heavy atom. The minimum absolute atomic E-state index is 0.120. The molecule has 4 nitrogen and oxygen atoms in total. The zero-order valence-corrected chi connectivity index (χ0v) is 22.9. The van der Waals surface area contributed by atoms with Crippen LogP contribution in [0, 0.1) is 5.82 Å². The average Bonchev–Trinajstić information content (AvgIpc) is 3.03. The first-order chi connectivity index (χ1) is 16.2. The Bertz CT molecular complexity index is 1240. The third-order valence-electron chi connectivity index (χ3n) is 5.13. The van der Waals surface area contributed by atoms with Crippen LogP contribution in [0.1, 0.15) is 16.7 Å². The van der Waals surface area contributed by atoms with Crippen molar-refractivity contribution < 1.29 is 18.7 Å². The Morgan fingerprint density at radius 1 is 0.971 bits per heavy atom. The lowest BCUT2D eigenvalue weighted by atomic mass is 10.1. The number of carbonyl (C=O) groups is 2. The molecule has 10 heteroatoms. The molecule has 0 aliphatic carbocycles. The number of amides is 2. The highest BCUT2D eigenvalue weighted by atomic mass is 79.9. The first-order valence-corrected chi connectivity index (χ1v) is 13.2. The molecule has 0 N–H and O–H groups in total. The molecule has 1 aliphatic rings. The van der Waals surface area contributed by atoms with Crippen LogP contribution in [0.2, 0.25) is 10.0 Å². The second kappa shape index (κ2) is 11.0. The van der Waals surface area contributed by atoms with Gasteiger partial charge in [0.1, 0.15) is 18.2 Å². The molecule has 3 aromatic carbocycles. The molecule has 1 heterocycles. The van der Waals surface area contributed by atoms with E-state index in [1.54, 1.807) is 30.3 Å². The maximum atomic E-state index is 13.1. The smallest absolute Gasteiger partial charge is 0.289 e. The van der Waals surface area contributed by atoms with Crippen molar-refractivity contribution in [1.29, 1.82) is 0 Å². The standard InChI is InChI=1S/C24H16Br2Cl2FNO3S/c25-18-7-14(8-19(26)22(18)33-12-15-3-4-16(27)10-20(15)28)9-21-23(31)30(24(32)34-21)11-13-1-5-17(29)6-2-13/h1-8,10,21H,9,11-12H2/t21-/m1/s1. The van der Waals surface area contributed by atoms with E-state index in [1.165, 1.54) is 17.0 Å². The average molecular weight is 648 g/mol. The molecule has 0 radical (unpaired) electrons. The predicted octanol–water partition coefficient (Wildman–Crippen LogP) is 8.04. The molecule has 34 heavy (non-hydrogen) atoms. The lowest BCUT2D eigenvalue weighted by molar-refractivity contribution is -0.127. The van der Waals surface area contributed by atoms with Crippen LogP contribution >= 0.6 is 66.8 Å². The number of hydrogen-bond donors (Lipinski definition) is 0. The van der Waals surface area contributed by atoms with Crippen LogP contribution in [0.5, 0.6) is 5.75 Å². The molecule has 1 fully saturated rings. The van der Waals surface area contributed by atoms with Gasteiger partial charge in [-0.2, -0.15) is 0 Å². The van der Waals surface area contributed by atoms with E-state index in [0.29, 0.717) is 36.7 Å². The van der Waals surface area contributed by atoms with Crippen molar-refractivity contribution in [3.05, 3.63) is 96.1 Å². The number of thioether (sulfide) groups is 1. The highest BCUT2D eigenvalue weighted by molar-refractivity contribution is 9.11. The van der Waals surface area contributed by atoms with Crippen LogP contribution in [0.3, 0.4) is 0 Å². The Labute approximate surface area is 227 Å². The summed E-state index contributed by atoms with van der Waals surface area (Å²) in [6.45, 7) is 0.366. The molecule has 3 aromatic rings. The quantitative estimate of drug-likeness (QED) is 0.260. The highest BCUT2D eigenvalue weighted by Gasteiger charge is 2.39. The van der Waals surface area contributed by atoms with Gasteiger partial charge in [-0.25, -0.2) is 4.39 Å². The lowest BCUT2D eigenvalue weighted by Crippen LogP contribution is -2.31.